The third-order valence-electron chi connectivity index (χ3n) is 5.40. The summed E-state index contributed by atoms with van der Waals surface area (Å²) in [4.78, 5) is 0. The summed E-state index contributed by atoms with van der Waals surface area (Å²) in [5.74, 6) is 2.57. The second-order valence-electron chi connectivity index (χ2n) is 6.65. The van der Waals surface area contributed by atoms with Crippen LogP contribution in [0.15, 0.2) is 0 Å². The summed E-state index contributed by atoms with van der Waals surface area (Å²) in [7, 11) is 0. The predicted molar refractivity (Wildman–Crippen MR) is 77.4 cm³/mol. The molecular weight excluding hydrogens is 260 g/mol. The van der Waals surface area contributed by atoms with E-state index >= 15 is 0 Å². The van der Waals surface area contributed by atoms with Gasteiger partial charge in [-0.1, -0.05) is 12.8 Å². The van der Waals surface area contributed by atoms with E-state index in [9.17, 15) is 10.2 Å². The largest absolute Gasteiger partial charge is 0.390 e. The second kappa shape index (κ2) is 5.55. The lowest BCUT2D eigenvalue weighted by Crippen LogP contribution is -2.51. The fourth-order valence-corrected chi connectivity index (χ4v) is 5.39. The molecule has 2 N–H and O–H groups in total. The highest BCUT2D eigenvalue weighted by Crippen LogP contribution is 2.44. The number of aliphatic hydroxyl groups excluding tert-OH is 1. The fraction of sp³-hybridized carbons (Fsp3) is 1.00. The van der Waals surface area contributed by atoms with E-state index < -0.39 is 11.7 Å². The van der Waals surface area contributed by atoms with Gasteiger partial charge in [-0.05, 0) is 55.9 Å². The number of hydrogen-bond donors (Lipinski definition) is 2. The summed E-state index contributed by atoms with van der Waals surface area (Å²) >= 11 is 2.00. The van der Waals surface area contributed by atoms with Crippen LogP contribution in [0.4, 0.5) is 0 Å². The summed E-state index contributed by atoms with van der Waals surface area (Å²) in [6.45, 7) is 0.752. The van der Waals surface area contributed by atoms with Crippen LogP contribution in [-0.4, -0.2) is 45.6 Å². The minimum absolute atomic E-state index is 0.00408. The van der Waals surface area contributed by atoms with Crippen LogP contribution in [0.1, 0.15) is 51.4 Å². The molecule has 1 aliphatic carbocycles. The van der Waals surface area contributed by atoms with Crippen molar-refractivity contribution in [2.24, 2.45) is 5.92 Å². The molecule has 2 atom stereocenters. The van der Waals surface area contributed by atoms with Crippen molar-refractivity contribution in [3.8, 4) is 0 Å². The zero-order valence-corrected chi connectivity index (χ0v) is 12.5. The Morgan fingerprint density at radius 2 is 1.79 bits per heavy atom. The molecule has 2 heterocycles. The van der Waals surface area contributed by atoms with Crippen molar-refractivity contribution < 1.29 is 14.9 Å². The third-order valence-corrected chi connectivity index (χ3v) is 6.39. The Hall–Kier alpha value is 0.230. The molecule has 2 saturated heterocycles. The maximum Gasteiger partial charge on any atom is 0.0908 e. The minimum Gasteiger partial charge on any atom is -0.390 e. The second-order valence-corrected chi connectivity index (χ2v) is 7.88. The van der Waals surface area contributed by atoms with Gasteiger partial charge in [-0.3, -0.25) is 0 Å². The van der Waals surface area contributed by atoms with E-state index in [1.807, 2.05) is 11.8 Å². The summed E-state index contributed by atoms with van der Waals surface area (Å²) in [5, 5.41) is 21.2. The van der Waals surface area contributed by atoms with E-state index in [1.165, 1.54) is 11.5 Å². The smallest absolute Gasteiger partial charge is 0.0908 e. The molecule has 110 valence electrons. The van der Waals surface area contributed by atoms with Crippen LogP contribution in [0.25, 0.3) is 0 Å². The van der Waals surface area contributed by atoms with Crippen LogP contribution in [0.2, 0.25) is 0 Å². The Kier molecular flexibility index (Phi) is 4.14. The lowest BCUT2D eigenvalue weighted by Gasteiger charge is -2.46. The maximum atomic E-state index is 10.6. The molecule has 2 unspecified atom stereocenters. The third kappa shape index (κ3) is 2.82. The first-order chi connectivity index (χ1) is 9.14. The van der Waals surface area contributed by atoms with Crippen molar-refractivity contribution in [3.63, 3.8) is 0 Å². The number of aliphatic hydroxyl groups is 2. The van der Waals surface area contributed by atoms with Gasteiger partial charge in [-0.2, -0.15) is 11.8 Å². The van der Waals surface area contributed by atoms with Crippen molar-refractivity contribution in [2.75, 3.05) is 18.1 Å². The molecule has 0 aromatic heterocycles. The van der Waals surface area contributed by atoms with Crippen LogP contribution in [-0.2, 0) is 4.74 Å². The SMILES string of the molecule is OC(C1CCOC2(CCSCC2)C1)C1(O)CCCC1. The molecule has 3 nitrogen and oxygen atoms in total. The van der Waals surface area contributed by atoms with E-state index in [4.69, 9.17) is 4.74 Å². The van der Waals surface area contributed by atoms with Gasteiger partial charge in [-0.25, -0.2) is 0 Å². The molecule has 1 saturated carbocycles. The summed E-state index contributed by atoms with van der Waals surface area (Å²) in [6.07, 6.45) is 7.17. The molecule has 3 fully saturated rings. The van der Waals surface area contributed by atoms with Gasteiger partial charge >= 0.3 is 0 Å². The average molecular weight is 286 g/mol. The molecule has 0 bridgehead atoms. The lowest BCUT2D eigenvalue weighted by molar-refractivity contribution is -0.158. The number of rotatable bonds is 2. The summed E-state index contributed by atoms with van der Waals surface area (Å²) in [6, 6.07) is 0. The van der Waals surface area contributed by atoms with Gasteiger partial charge < -0.3 is 14.9 Å². The van der Waals surface area contributed by atoms with Gasteiger partial charge in [0.25, 0.3) is 0 Å². The first-order valence-corrected chi connectivity index (χ1v) is 8.91. The van der Waals surface area contributed by atoms with Crippen LogP contribution in [0.3, 0.4) is 0 Å². The zero-order valence-electron chi connectivity index (χ0n) is 11.6. The first kappa shape index (κ1) is 14.2. The Morgan fingerprint density at radius 3 is 2.47 bits per heavy atom. The Labute approximate surface area is 120 Å². The average Bonchev–Trinajstić information content (AvgIpc) is 2.87. The predicted octanol–water partition coefficient (Wildman–Crippen LogP) is 2.34. The summed E-state index contributed by atoms with van der Waals surface area (Å²) < 4.78 is 6.08. The molecule has 2 aliphatic heterocycles. The molecule has 0 radical (unpaired) electrons. The van der Waals surface area contributed by atoms with Gasteiger partial charge in [0.05, 0.1) is 17.3 Å². The molecule has 19 heavy (non-hydrogen) atoms. The molecule has 0 aromatic carbocycles. The molecule has 1 spiro atoms. The highest BCUT2D eigenvalue weighted by atomic mass is 32.2. The zero-order chi connectivity index (χ0) is 13.3. The normalized spacial score (nSPS) is 35.4. The van der Waals surface area contributed by atoms with Crippen LogP contribution in [0, 0.1) is 5.92 Å². The Bertz CT molecular complexity index is 303. The topological polar surface area (TPSA) is 49.7 Å². The van der Waals surface area contributed by atoms with Gasteiger partial charge in [0.1, 0.15) is 0 Å². The molecule has 4 heteroatoms. The molecule has 0 amide bonds. The van der Waals surface area contributed by atoms with Crippen molar-refractivity contribution in [3.05, 3.63) is 0 Å². The van der Waals surface area contributed by atoms with E-state index in [0.717, 1.165) is 58.0 Å². The molecule has 3 rings (SSSR count). The van der Waals surface area contributed by atoms with Gasteiger partial charge in [0.2, 0.25) is 0 Å². The number of ether oxygens (including phenoxy) is 1. The monoisotopic (exact) mass is 286 g/mol. The van der Waals surface area contributed by atoms with Gasteiger partial charge in [-0.15, -0.1) is 0 Å². The Balaban J connectivity index is 1.67. The molecule has 3 aliphatic rings. The van der Waals surface area contributed by atoms with E-state index in [0.29, 0.717) is 0 Å². The standard InChI is InChI=1S/C15H26O3S/c16-13(15(17)4-1-2-5-15)12-3-8-18-14(11-12)6-9-19-10-7-14/h12-13,16-17H,1-11H2. The maximum absolute atomic E-state index is 10.6. The van der Waals surface area contributed by atoms with Crippen LogP contribution >= 0.6 is 11.8 Å². The van der Waals surface area contributed by atoms with Crippen molar-refractivity contribution in [1.82, 2.24) is 0 Å². The van der Waals surface area contributed by atoms with Crippen molar-refractivity contribution in [1.29, 1.82) is 0 Å². The highest BCUT2D eigenvalue weighted by molar-refractivity contribution is 7.99. The summed E-state index contributed by atoms with van der Waals surface area (Å²) in [5.41, 5.74) is -0.809. The van der Waals surface area contributed by atoms with E-state index in [1.54, 1.807) is 0 Å². The highest BCUT2D eigenvalue weighted by Gasteiger charge is 2.47. The minimum atomic E-state index is -0.813. The number of thioether (sulfide) groups is 1. The number of hydrogen-bond acceptors (Lipinski definition) is 4. The first-order valence-electron chi connectivity index (χ1n) is 7.76. The molecular formula is C15H26O3S. The van der Waals surface area contributed by atoms with Crippen LogP contribution in [0.5, 0.6) is 0 Å². The van der Waals surface area contributed by atoms with E-state index in [-0.39, 0.29) is 11.5 Å². The molecule has 0 aromatic rings. The van der Waals surface area contributed by atoms with Crippen LogP contribution < -0.4 is 0 Å². The Morgan fingerprint density at radius 1 is 1.11 bits per heavy atom. The van der Waals surface area contributed by atoms with Crippen molar-refractivity contribution >= 4 is 11.8 Å². The van der Waals surface area contributed by atoms with Gasteiger partial charge in [0.15, 0.2) is 0 Å². The van der Waals surface area contributed by atoms with E-state index in [2.05, 4.69) is 0 Å². The van der Waals surface area contributed by atoms with Gasteiger partial charge in [0, 0.05) is 6.61 Å². The lowest BCUT2D eigenvalue weighted by atomic mass is 9.74. The van der Waals surface area contributed by atoms with Crippen molar-refractivity contribution in [2.45, 2.75) is 68.7 Å². The quantitative estimate of drug-likeness (QED) is 0.818. The fourth-order valence-electron chi connectivity index (χ4n) is 4.15.